The van der Waals surface area contributed by atoms with Crippen molar-refractivity contribution in [1.29, 1.82) is 0 Å². The van der Waals surface area contributed by atoms with E-state index in [1.807, 2.05) is 0 Å². The smallest absolute Gasteiger partial charge is 0.416 e. The number of pyridine rings is 1. The van der Waals surface area contributed by atoms with Crippen LogP contribution in [0.5, 0.6) is 0 Å². The normalized spacial score (nSPS) is 11.4. The number of ketones is 1. The molecule has 2 aromatic rings. The van der Waals surface area contributed by atoms with Crippen molar-refractivity contribution in [3.63, 3.8) is 0 Å². The Bertz CT molecular complexity index is 1160. The minimum Gasteiger partial charge on any atom is -0.480 e. The summed E-state index contributed by atoms with van der Waals surface area (Å²) < 4.78 is 40.7. The van der Waals surface area contributed by atoms with Crippen LogP contribution in [-0.4, -0.2) is 39.9 Å². The van der Waals surface area contributed by atoms with Gasteiger partial charge in [-0.25, -0.2) is 0 Å². The van der Waals surface area contributed by atoms with Gasteiger partial charge in [0.2, 0.25) is 0 Å². The van der Waals surface area contributed by atoms with E-state index in [0.29, 0.717) is 10.6 Å². The van der Waals surface area contributed by atoms with Crippen molar-refractivity contribution < 1.29 is 32.8 Å². The van der Waals surface area contributed by atoms with Crippen molar-refractivity contribution in [2.45, 2.75) is 26.6 Å². The van der Waals surface area contributed by atoms with Gasteiger partial charge >= 0.3 is 23.4 Å². The summed E-state index contributed by atoms with van der Waals surface area (Å²) in [6.07, 6.45) is -4.76. The second kappa shape index (κ2) is 9.71. The Morgan fingerprint density at radius 3 is 2.33 bits per heavy atom. The number of nitrogens with zero attached hydrogens (tertiary/aromatic N) is 2. The van der Waals surface area contributed by atoms with Gasteiger partial charge in [0.1, 0.15) is 12.2 Å². The average molecular weight is 470 g/mol. The number of halogens is 3. The van der Waals surface area contributed by atoms with E-state index in [0.717, 1.165) is 12.1 Å². The van der Waals surface area contributed by atoms with E-state index < -0.39 is 52.0 Å². The molecule has 0 radical (unpaired) electrons. The second-order valence-corrected chi connectivity index (χ2v) is 7.36. The van der Waals surface area contributed by atoms with Crippen LogP contribution in [0.15, 0.2) is 29.1 Å². The van der Waals surface area contributed by atoms with E-state index in [-0.39, 0.29) is 29.3 Å². The zero-order valence-electron chi connectivity index (χ0n) is 17.8. The first kappa shape index (κ1) is 25.4. The van der Waals surface area contributed by atoms with Gasteiger partial charge in [0.05, 0.1) is 22.7 Å². The monoisotopic (exact) mass is 470 g/mol. The number of carboxylic acids is 1. The zero-order valence-corrected chi connectivity index (χ0v) is 17.8. The van der Waals surface area contributed by atoms with Gasteiger partial charge in [-0.3, -0.25) is 29.1 Å². The van der Waals surface area contributed by atoms with Gasteiger partial charge in [-0.15, -0.1) is 0 Å². The van der Waals surface area contributed by atoms with E-state index in [9.17, 15) is 42.8 Å². The molecule has 0 aliphatic carbocycles. The standard InChI is InChI=1S/C20H21F3N4O6/c1-10(2)16(28)8-25-14-7-15(26(9-17(29)30)19(31)18(14)27(32)33)11-4-12(20(21,22)23)6-13(5-11)24-3/h4-7,10,24-25H,8-9H2,1-3H3,(H,29,30). The summed E-state index contributed by atoms with van der Waals surface area (Å²) in [6.45, 7) is 1.77. The topological polar surface area (TPSA) is 144 Å². The first-order valence-corrected chi connectivity index (χ1v) is 9.57. The number of carboxylic acid groups (broad SMARTS) is 1. The molecule has 178 valence electrons. The molecule has 0 aliphatic heterocycles. The Balaban J connectivity index is 2.85. The van der Waals surface area contributed by atoms with Crippen molar-refractivity contribution in [3.8, 4) is 11.3 Å². The number of carbonyl (C=O) groups excluding carboxylic acids is 1. The van der Waals surface area contributed by atoms with Crippen molar-refractivity contribution in [3.05, 3.63) is 50.3 Å². The number of rotatable bonds is 9. The Morgan fingerprint density at radius 1 is 1.21 bits per heavy atom. The molecular weight excluding hydrogens is 449 g/mol. The van der Waals surface area contributed by atoms with Crippen LogP contribution in [-0.2, 0) is 22.3 Å². The van der Waals surface area contributed by atoms with Crippen LogP contribution in [0.1, 0.15) is 19.4 Å². The highest BCUT2D eigenvalue weighted by Crippen LogP contribution is 2.36. The number of hydrogen-bond donors (Lipinski definition) is 3. The zero-order chi connectivity index (χ0) is 25.1. The number of carbonyl (C=O) groups is 2. The SMILES string of the molecule is CNc1cc(-c2cc(NCC(=O)C(C)C)c([N+](=O)[O-])c(=O)n2CC(=O)O)cc(C(F)(F)F)c1. The quantitative estimate of drug-likeness (QED) is 0.374. The van der Waals surface area contributed by atoms with Crippen molar-refractivity contribution in [1.82, 2.24) is 4.57 Å². The van der Waals surface area contributed by atoms with Gasteiger partial charge in [-0.1, -0.05) is 13.8 Å². The predicted molar refractivity (Wildman–Crippen MR) is 113 cm³/mol. The molecule has 10 nitrogen and oxygen atoms in total. The van der Waals surface area contributed by atoms with Crippen LogP contribution in [0.3, 0.4) is 0 Å². The predicted octanol–water partition coefficient (Wildman–Crippen LogP) is 3.21. The number of Topliss-reactive ketones (excluding diaryl/α,β-unsaturated/α-hetero) is 1. The Hall–Kier alpha value is -3.90. The second-order valence-electron chi connectivity index (χ2n) is 7.36. The number of aromatic nitrogens is 1. The molecule has 3 N–H and O–H groups in total. The number of nitro groups is 1. The largest absolute Gasteiger partial charge is 0.480 e. The number of nitrogens with one attached hydrogen (secondary N) is 2. The van der Waals surface area contributed by atoms with E-state index in [1.54, 1.807) is 13.8 Å². The van der Waals surface area contributed by atoms with Crippen LogP contribution in [0.2, 0.25) is 0 Å². The number of hydrogen-bond acceptors (Lipinski definition) is 7. The van der Waals surface area contributed by atoms with Gasteiger partial charge in [-0.2, -0.15) is 13.2 Å². The Morgan fingerprint density at radius 2 is 1.85 bits per heavy atom. The third-order valence-corrected chi connectivity index (χ3v) is 4.69. The molecule has 0 saturated carbocycles. The van der Waals surface area contributed by atoms with E-state index in [1.165, 1.54) is 13.1 Å². The fourth-order valence-corrected chi connectivity index (χ4v) is 2.95. The fraction of sp³-hybridized carbons (Fsp3) is 0.350. The summed E-state index contributed by atoms with van der Waals surface area (Å²) in [5.41, 5.74) is -4.38. The molecule has 0 fully saturated rings. The Kier molecular flexibility index (Phi) is 7.46. The van der Waals surface area contributed by atoms with Gasteiger partial charge in [0.15, 0.2) is 5.78 Å². The third kappa shape index (κ3) is 5.87. The molecule has 33 heavy (non-hydrogen) atoms. The summed E-state index contributed by atoms with van der Waals surface area (Å²) in [7, 11) is 1.37. The first-order valence-electron chi connectivity index (χ1n) is 9.57. The third-order valence-electron chi connectivity index (χ3n) is 4.69. The highest BCUT2D eigenvalue weighted by molar-refractivity contribution is 5.86. The van der Waals surface area contributed by atoms with Crippen LogP contribution in [0, 0.1) is 16.0 Å². The van der Waals surface area contributed by atoms with E-state index in [4.69, 9.17) is 0 Å². The van der Waals surface area contributed by atoms with Crippen molar-refractivity contribution in [2.24, 2.45) is 5.92 Å². The molecule has 2 rings (SSSR count). The lowest BCUT2D eigenvalue weighted by atomic mass is 10.0. The van der Waals surface area contributed by atoms with Crippen molar-refractivity contribution in [2.75, 3.05) is 24.2 Å². The Labute approximate surface area is 185 Å². The lowest BCUT2D eigenvalue weighted by Crippen LogP contribution is -2.29. The van der Waals surface area contributed by atoms with Crippen LogP contribution in [0.25, 0.3) is 11.3 Å². The summed E-state index contributed by atoms with van der Waals surface area (Å²) in [5, 5.41) is 25.8. The van der Waals surface area contributed by atoms with E-state index >= 15 is 0 Å². The lowest BCUT2D eigenvalue weighted by molar-refractivity contribution is -0.385. The molecule has 0 amide bonds. The maximum atomic E-state index is 13.4. The molecule has 0 atom stereocenters. The minimum atomic E-state index is -4.76. The van der Waals surface area contributed by atoms with Gasteiger partial charge in [-0.05, 0) is 24.3 Å². The molecule has 0 aliphatic rings. The fourth-order valence-electron chi connectivity index (χ4n) is 2.95. The van der Waals surface area contributed by atoms with Crippen LogP contribution in [0.4, 0.5) is 30.2 Å². The van der Waals surface area contributed by atoms with Crippen LogP contribution < -0.4 is 16.2 Å². The molecule has 0 spiro atoms. The minimum absolute atomic E-state index is 0.0111. The summed E-state index contributed by atoms with van der Waals surface area (Å²) in [6, 6.07) is 3.74. The molecule has 1 aromatic carbocycles. The molecular formula is C20H21F3N4O6. The lowest BCUT2D eigenvalue weighted by Gasteiger charge is -2.17. The summed E-state index contributed by atoms with van der Waals surface area (Å²) in [4.78, 5) is 46.7. The summed E-state index contributed by atoms with van der Waals surface area (Å²) >= 11 is 0. The first-order chi connectivity index (χ1) is 15.3. The summed E-state index contributed by atoms with van der Waals surface area (Å²) in [5.74, 6) is -2.30. The molecule has 0 bridgehead atoms. The van der Waals surface area contributed by atoms with Crippen LogP contribution >= 0.6 is 0 Å². The molecule has 1 aromatic heterocycles. The van der Waals surface area contributed by atoms with Gasteiger partial charge < -0.3 is 15.7 Å². The number of alkyl halides is 3. The van der Waals surface area contributed by atoms with E-state index in [2.05, 4.69) is 10.6 Å². The molecule has 13 heteroatoms. The number of benzene rings is 1. The average Bonchev–Trinajstić information content (AvgIpc) is 2.71. The maximum absolute atomic E-state index is 13.4. The highest BCUT2D eigenvalue weighted by atomic mass is 19.4. The molecule has 0 saturated heterocycles. The van der Waals surface area contributed by atoms with Gasteiger partial charge in [0, 0.05) is 24.2 Å². The number of anilines is 2. The van der Waals surface area contributed by atoms with Gasteiger partial charge in [0.25, 0.3) is 0 Å². The molecule has 0 unspecified atom stereocenters. The maximum Gasteiger partial charge on any atom is 0.416 e. The highest BCUT2D eigenvalue weighted by Gasteiger charge is 2.32. The number of aliphatic carboxylic acids is 1. The molecule has 1 heterocycles. The van der Waals surface area contributed by atoms with Crippen molar-refractivity contribution >= 4 is 28.8 Å².